The Labute approximate surface area is 97.0 Å². The minimum absolute atomic E-state index is 0.547. The summed E-state index contributed by atoms with van der Waals surface area (Å²) in [5.41, 5.74) is 0. The third-order valence-corrected chi connectivity index (χ3v) is 2.80. The van der Waals surface area contributed by atoms with Gasteiger partial charge in [-0.15, -0.1) is 0 Å². The number of aryl methyl sites for hydroxylation is 1. The van der Waals surface area contributed by atoms with Crippen molar-refractivity contribution in [1.82, 2.24) is 15.1 Å². The third-order valence-electron chi connectivity index (χ3n) is 2.80. The molecular weight excluding hydrogens is 202 g/mol. The number of nitrogens with zero attached hydrogens (tertiary/aromatic N) is 2. The lowest BCUT2D eigenvalue weighted by Gasteiger charge is -2.12. The first-order valence-electron chi connectivity index (χ1n) is 6.16. The molecular formula is C12H21N3O. The summed E-state index contributed by atoms with van der Waals surface area (Å²) in [6.07, 6.45) is 6.42. The highest BCUT2D eigenvalue weighted by Gasteiger charge is 2.20. The van der Waals surface area contributed by atoms with Crippen LogP contribution in [0.25, 0.3) is 0 Å². The molecule has 1 aromatic heterocycles. The van der Waals surface area contributed by atoms with Gasteiger partial charge in [-0.1, -0.05) is 6.92 Å². The zero-order valence-electron chi connectivity index (χ0n) is 10.1. The topological polar surface area (TPSA) is 39.1 Å². The summed E-state index contributed by atoms with van der Waals surface area (Å²) in [4.78, 5) is 0. The molecule has 0 aromatic carbocycles. The Morgan fingerprint density at radius 3 is 3.06 bits per heavy atom. The summed E-state index contributed by atoms with van der Waals surface area (Å²) < 4.78 is 7.56. The molecule has 1 unspecified atom stereocenters. The lowest BCUT2D eigenvalue weighted by Crippen LogP contribution is -2.26. The number of nitrogens with one attached hydrogen (secondary N) is 1. The van der Waals surface area contributed by atoms with Crippen molar-refractivity contribution in [2.24, 2.45) is 5.92 Å². The van der Waals surface area contributed by atoms with Gasteiger partial charge in [-0.05, 0) is 19.8 Å². The lowest BCUT2D eigenvalue weighted by molar-refractivity contribution is 0.255. The van der Waals surface area contributed by atoms with Crippen molar-refractivity contribution in [3.05, 3.63) is 12.4 Å². The van der Waals surface area contributed by atoms with Gasteiger partial charge in [0.2, 0.25) is 0 Å². The van der Waals surface area contributed by atoms with Crippen LogP contribution in [0.4, 0.5) is 0 Å². The molecule has 1 N–H and O–H groups in total. The molecule has 0 bridgehead atoms. The highest BCUT2D eigenvalue weighted by atomic mass is 16.5. The molecule has 16 heavy (non-hydrogen) atoms. The van der Waals surface area contributed by atoms with Crippen LogP contribution < -0.4 is 10.1 Å². The standard InChI is InChI=1S/C12H21N3O/c1-3-15-8-12(7-14-15)16-9-10(2)6-13-11-4-5-11/h7-8,10-11,13H,3-6,9H2,1-2H3. The molecule has 0 spiro atoms. The largest absolute Gasteiger partial charge is 0.490 e. The van der Waals surface area contributed by atoms with Gasteiger partial charge in [0.15, 0.2) is 5.75 Å². The van der Waals surface area contributed by atoms with Crippen LogP contribution in [0.3, 0.4) is 0 Å². The zero-order valence-corrected chi connectivity index (χ0v) is 10.1. The van der Waals surface area contributed by atoms with Crippen molar-refractivity contribution >= 4 is 0 Å². The van der Waals surface area contributed by atoms with Gasteiger partial charge in [-0.3, -0.25) is 4.68 Å². The van der Waals surface area contributed by atoms with Gasteiger partial charge in [-0.25, -0.2) is 0 Å². The molecule has 90 valence electrons. The fraction of sp³-hybridized carbons (Fsp3) is 0.750. The van der Waals surface area contributed by atoms with Gasteiger partial charge in [0.1, 0.15) is 0 Å². The molecule has 4 nitrogen and oxygen atoms in total. The van der Waals surface area contributed by atoms with Crippen LogP contribution in [0, 0.1) is 5.92 Å². The van der Waals surface area contributed by atoms with Crippen LogP contribution in [0.15, 0.2) is 12.4 Å². The minimum atomic E-state index is 0.547. The summed E-state index contributed by atoms with van der Waals surface area (Å²) in [5.74, 6) is 1.42. The Morgan fingerprint density at radius 2 is 2.44 bits per heavy atom. The van der Waals surface area contributed by atoms with Gasteiger partial charge >= 0.3 is 0 Å². The number of hydrogen-bond donors (Lipinski definition) is 1. The molecule has 0 aliphatic heterocycles. The van der Waals surface area contributed by atoms with E-state index in [1.807, 2.05) is 10.9 Å². The van der Waals surface area contributed by atoms with Crippen molar-refractivity contribution in [3.8, 4) is 5.75 Å². The smallest absolute Gasteiger partial charge is 0.157 e. The van der Waals surface area contributed by atoms with Gasteiger partial charge in [0.05, 0.1) is 19.0 Å². The van der Waals surface area contributed by atoms with E-state index in [0.29, 0.717) is 5.92 Å². The summed E-state index contributed by atoms with van der Waals surface area (Å²) >= 11 is 0. The first kappa shape index (κ1) is 11.5. The molecule has 1 aliphatic rings. The molecule has 0 amide bonds. The maximum atomic E-state index is 5.68. The Hall–Kier alpha value is -1.03. The van der Waals surface area contributed by atoms with Crippen molar-refractivity contribution in [1.29, 1.82) is 0 Å². The molecule has 0 radical (unpaired) electrons. The van der Waals surface area contributed by atoms with Crippen LogP contribution in [-0.4, -0.2) is 29.0 Å². The molecule has 4 heteroatoms. The van der Waals surface area contributed by atoms with Crippen LogP contribution in [0.5, 0.6) is 5.75 Å². The monoisotopic (exact) mass is 223 g/mol. The summed E-state index contributed by atoms with van der Waals surface area (Å²) in [7, 11) is 0. The van der Waals surface area contributed by atoms with Gasteiger partial charge in [0.25, 0.3) is 0 Å². The quantitative estimate of drug-likeness (QED) is 0.764. The van der Waals surface area contributed by atoms with Crippen molar-refractivity contribution < 1.29 is 4.74 Å². The lowest BCUT2D eigenvalue weighted by atomic mass is 10.2. The van der Waals surface area contributed by atoms with E-state index in [4.69, 9.17) is 4.74 Å². The molecule has 1 saturated carbocycles. The predicted molar refractivity (Wildman–Crippen MR) is 63.6 cm³/mol. The second-order valence-electron chi connectivity index (χ2n) is 4.63. The Morgan fingerprint density at radius 1 is 1.62 bits per heavy atom. The molecule has 1 aliphatic carbocycles. The Balaban J connectivity index is 1.64. The van der Waals surface area contributed by atoms with Gasteiger partial charge in [0, 0.05) is 25.0 Å². The van der Waals surface area contributed by atoms with Crippen LogP contribution >= 0.6 is 0 Å². The van der Waals surface area contributed by atoms with E-state index in [0.717, 1.165) is 31.5 Å². The van der Waals surface area contributed by atoms with Crippen molar-refractivity contribution in [2.75, 3.05) is 13.2 Å². The SMILES string of the molecule is CCn1cc(OCC(C)CNC2CC2)cn1. The second kappa shape index (κ2) is 5.34. The van der Waals surface area contributed by atoms with E-state index in [2.05, 4.69) is 24.3 Å². The number of rotatable bonds is 7. The zero-order chi connectivity index (χ0) is 11.4. The summed E-state index contributed by atoms with van der Waals surface area (Å²) in [6.45, 7) is 6.97. The van der Waals surface area contributed by atoms with E-state index >= 15 is 0 Å². The maximum Gasteiger partial charge on any atom is 0.157 e. The predicted octanol–water partition coefficient (Wildman–Crippen LogP) is 1.67. The molecule has 1 fully saturated rings. The average Bonchev–Trinajstić information content (AvgIpc) is 3.01. The second-order valence-corrected chi connectivity index (χ2v) is 4.63. The van der Waals surface area contributed by atoms with E-state index < -0.39 is 0 Å². The van der Waals surface area contributed by atoms with Crippen molar-refractivity contribution in [3.63, 3.8) is 0 Å². The normalized spacial score (nSPS) is 17.4. The molecule has 0 saturated heterocycles. The fourth-order valence-corrected chi connectivity index (χ4v) is 1.54. The molecule has 1 heterocycles. The maximum absolute atomic E-state index is 5.68. The van der Waals surface area contributed by atoms with Gasteiger partial charge in [-0.2, -0.15) is 5.10 Å². The number of hydrogen-bond acceptors (Lipinski definition) is 3. The molecule has 1 aromatic rings. The van der Waals surface area contributed by atoms with Crippen LogP contribution in [-0.2, 0) is 6.54 Å². The highest BCUT2D eigenvalue weighted by Crippen LogP contribution is 2.18. The van der Waals surface area contributed by atoms with E-state index in [-0.39, 0.29) is 0 Å². The molecule has 1 atom stereocenters. The van der Waals surface area contributed by atoms with E-state index in [1.54, 1.807) is 6.20 Å². The van der Waals surface area contributed by atoms with E-state index in [1.165, 1.54) is 12.8 Å². The van der Waals surface area contributed by atoms with E-state index in [9.17, 15) is 0 Å². The number of ether oxygens (including phenoxy) is 1. The highest BCUT2D eigenvalue weighted by molar-refractivity contribution is 5.11. The molecule has 2 rings (SSSR count). The Kier molecular flexibility index (Phi) is 3.83. The number of aromatic nitrogens is 2. The fourth-order valence-electron chi connectivity index (χ4n) is 1.54. The Bertz CT molecular complexity index is 320. The van der Waals surface area contributed by atoms with Crippen LogP contribution in [0.1, 0.15) is 26.7 Å². The average molecular weight is 223 g/mol. The van der Waals surface area contributed by atoms with Gasteiger partial charge < -0.3 is 10.1 Å². The summed E-state index contributed by atoms with van der Waals surface area (Å²) in [6, 6.07) is 0.783. The first-order chi connectivity index (χ1) is 7.78. The first-order valence-corrected chi connectivity index (χ1v) is 6.16. The minimum Gasteiger partial charge on any atom is -0.490 e. The summed E-state index contributed by atoms with van der Waals surface area (Å²) in [5, 5.41) is 7.68. The van der Waals surface area contributed by atoms with Crippen molar-refractivity contribution in [2.45, 2.75) is 39.3 Å². The third kappa shape index (κ3) is 3.52. The van der Waals surface area contributed by atoms with Crippen LogP contribution in [0.2, 0.25) is 0 Å².